The van der Waals surface area contributed by atoms with Gasteiger partial charge in [-0.3, -0.25) is 9.59 Å². The van der Waals surface area contributed by atoms with E-state index < -0.39 is 18.2 Å². The first-order valence-corrected chi connectivity index (χ1v) is 20.9. The molecule has 10 nitrogen and oxygen atoms in total. The smallest absolute Gasteiger partial charge is 0.320 e. The second kappa shape index (κ2) is 21.9. The highest BCUT2D eigenvalue weighted by Crippen LogP contribution is 2.30. The molecule has 10 heteroatoms. The molecule has 0 radical (unpaired) electrons. The SMILES string of the molecule is CCCCNC[C@@H](C[C@H](O)[C@H](CC1CCCCC1)NC(=O)[C@H](CCCC)N1CCN(C(=O)N2CCN(C)CC2)[C@@H](Cc2ccccc2)C1=O)C(C)C. The fourth-order valence-corrected chi connectivity index (χ4v) is 8.41. The van der Waals surface area contributed by atoms with Crippen LogP contribution in [-0.2, 0) is 16.0 Å². The summed E-state index contributed by atoms with van der Waals surface area (Å²) in [5, 5.41) is 18.9. The Morgan fingerprint density at radius 1 is 0.923 bits per heavy atom. The molecule has 294 valence electrons. The van der Waals surface area contributed by atoms with E-state index in [9.17, 15) is 19.5 Å². The lowest BCUT2D eigenvalue weighted by atomic mass is 9.81. The second-order valence-electron chi connectivity index (χ2n) is 16.4. The monoisotopic (exact) mass is 725 g/mol. The predicted octanol–water partition coefficient (Wildman–Crippen LogP) is 5.54. The van der Waals surface area contributed by atoms with Gasteiger partial charge in [0.15, 0.2) is 0 Å². The number of hydrogen-bond acceptors (Lipinski definition) is 6. The third-order valence-electron chi connectivity index (χ3n) is 12.0. The first kappa shape index (κ1) is 42.1. The fraction of sp³-hybridized carbons (Fsp3) is 0.786. The molecule has 4 amide bonds. The van der Waals surface area contributed by atoms with E-state index >= 15 is 0 Å². The molecule has 4 rings (SSSR count). The molecule has 0 bridgehead atoms. The van der Waals surface area contributed by atoms with E-state index in [0.717, 1.165) is 76.7 Å². The molecule has 2 saturated heterocycles. The van der Waals surface area contributed by atoms with Crippen LogP contribution >= 0.6 is 0 Å². The van der Waals surface area contributed by atoms with Crippen molar-refractivity contribution in [2.24, 2.45) is 17.8 Å². The standard InChI is InChI=1S/C42H72N6O4/c1-6-8-20-37(40(50)44-36(28-33-16-12-10-13-17-33)39(49)30-35(32(3)4)31-43-21-9-7-2)47-26-27-48(42(52)46-24-22-45(5)23-25-46)38(41(47)51)29-34-18-14-11-15-19-34/h11,14-15,18-19,32-33,35-39,43,49H,6-10,12-13,16-17,20-31H2,1-5H3,(H,44,50)/t35-,36+,37+,38+,39+/m1/s1. The number of carbonyl (C=O) groups is 3. The minimum atomic E-state index is -0.684. The minimum absolute atomic E-state index is 0.0869. The lowest BCUT2D eigenvalue weighted by Crippen LogP contribution is -2.66. The van der Waals surface area contributed by atoms with E-state index in [1.54, 1.807) is 9.80 Å². The Balaban J connectivity index is 1.55. The molecule has 0 spiro atoms. The molecule has 3 fully saturated rings. The number of aliphatic hydroxyl groups excluding tert-OH is 1. The van der Waals surface area contributed by atoms with Crippen molar-refractivity contribution in [3.63, 3.8) is 0 Å². The molecule has 52 heavy (non-hydrogen) atoms. The van der Waals surface area contributed by atoms with Gasteiger partial charge in [-0.2, -0.15) is 0 Å². The van der Waals surface area contributed by atoms with Crippen LogP contribution in [0.3, 0.4) is 0 Å². The Kier molecular flexibility index (Phi) is 17.7. The molecule has 3 aliphatic rings. The Morgan fingerprint density at radius 3 is 2.27 bits per heavy atom. The Labute approximate surface area is 315 Å². The molecule has 3 N–H and O–H groups in total. The van der Waals surface area contributed by atoms with Crippen molar-refractivity contribution in [1.29, 1.82) is 0 Å². The molecule has 0 unspecified atom stereocenters. The highest BCUT2D eigenvalue weighted by atomic mass is 16.3. The maximum atomic E-state index is 14.7. The molecular weight excluding hydrogens is 652 g/mol. The van der Waals surface area contributed by atoms with E-state index in [4.69, 9.17) is 0 Å². The van der Waals surface area contributed by atoms with Gasteiger partial charge in [-0.15, -0.1) is 0 Å². The molecule has 1 saturated carbocycles. The number of nitrogens with zero attached hydrogens (tertiary/aromatic N) is 4. The van der Waals surface area contributed by atoms with Gasteiger partial charge in [0, 0.05) is 45.7 Å². The van der Waals surface area contributed by atoms with Crippen LogP contribution in [0.5, 0.6) is 0 Å². The quantitative estimate of drug-likeness (QED) is 0.162. The molecule has 5 atom stereocenters. The maximum absolute atomic E-state index is 14.7. The van der Waals surface area contributed by atoms with Gasteiger partial charge in [0.2, 0.25) is 11.8 Å². The number of likely N-dealkylation sites (N-methyl/N-ethyl adjacent to an activating group) is 1. The number of benzene rings is 1. The highest BCUT2D eigenvalue weighted by molar-refractivity contribution is 5.93. The normalized spacial score (nSPS) is 21.6. The third-order valence-corrected chi connectivity index (χ3v) is 12.0. The molecule has 2 heterocycles. The van der Waals surface area contributed by atoms with Gasteiger partial charge >= 0.3 is 6.03 Å². The van der Waals surface area contributed by atoms with Crippen LogP contribution < -0.4 is 10.6 Å². The van der Waals surface area contributed by atoms with Gasteiger partial charge in [0.25, 0.3) is 0 Å². The topological polar surface area (TPSA) is 108 Å². The molecule has 1 aromatic carbocycles. The fourth-order valence-electron chi connectivity index (χ4n) is 8.41. The summed E-state index contributed by atoms with van der Waals surface area (Å²) in [6, 6.07) is 8.12. The van der Waals surface area contributed by atoms with E-state index in [2.05, 4.69) is 50.3 Å². The number of urea groups is 1. The zero-order chi connectivity index (χ0) is 37.5. The van der Waals surface area contributed by atoms with E-state index in [-0.39, 0.29) is 23.9 Å². The Bertz CT molecular complexity index is 1200. The summed E-state index contributed by atoms with van der Waals surface area (Å²) in [5.74, 6) is 0.845. The van der Waals surface area contributed by atoms with Crippen LogP contribution in [-0.4, -0.2) is 126 Å². The molecular formula is C42H72N6O4. The number of nitrogens with one attached hydrogen (secondary N) is 2. The number of carbonyl (C=O) groups excluding carboxylic acids is 3. The van der Waals surface area contributed by atoms with Crippen molar-refractivity contribution >= 4 is 17.8 Å². The summed E-state index contributed by atoms with van der Waals surface area (Å²) in [4.78, 5) is 50.8. The lowest BCUT2D eigenvalue weighted by Gasteiger charge is -2.46. The number of unbranched alkanes of at least 4 members (excludes halogenated alkanes) is 2. The zero-order valence-corrected chi connectivity index (χ0v) is 33.2. The number of rotatable bonds is 19. The van der Waals surface area contributed by atoms with Crippen LogP contribution in [0, 0.1) is 17.8 Å². The zero-order valence-electron chi connectivity index (χ0n) is 33.2. The summed E-state index contributed by atoms with van der Waals surface area (Å²) >= 11 is 0. The van der Waals surface area contributed by atoms with Crippen molar-refractivity contribution in [3.05, 3.63) is 35.9 Å². The van der Waals surface area contributed by atoms with E-state index in [0.29, 0.717) is 63.2 Å². The minimum Gasteiger partial charge on any atom is -0.391 e. The average molecular weight is 725 g/mol. The van der Waals surface area contributed by atoms with Gasteiger partial charge in [-0.05, 0) is 69.1 Å². The molecule has 0 aromatic heterocycles. The van der Waals surface area contributed by atoms with Gasteiger partial charge in [0.1, 0.15) is 12.1 Å². The molecule has 1 aromatic rings. The largest absolute Gasteiger partial charge is 0.391 e. The number of piperazine rings is 2. The summed E-state index contributed by atoms with van der Waals surface area (Å²) in [7, 11) is 2.07. The van der Waals surface area contributed by atoms with Crippen molar-refractivity contribution in [2.45, 2.75) is 135 Å². The van der Waals surface area contributed by atoms with Gasteiger partial charge < -0.3 is 35.3 Å². The van der Waals surface area contributed by atoms with Crippen LogP contribution in [0.15, 0.2) is 30.3 Å². The van der Waals surface area contributed by atoms with Crippen molar-refractivity contribution in [1.82, 2.24) is 30.2 Å². The number of amides is 4. The van der Waals surface area contributed by atoms with E-state index in [1.807, 2.05) is 35.2 Å². The summed E-state index contributed by atoms with van der Waals surface area (Å²) in [6.07, 6.45) is 11.6. The Hall–Kier alpha value is -2.69. The summed E-state index contributed by atoms with van der Waals surface area (Å²) in [5.41, 5.74) is 0.994. The molecule has 2 aliphatic heterocycles. The molecule has 1 aliphatic carbocycles. The van der Waals surface area contributed by atoms with E-state index in [1.165, 1.54) is 19.3 Å². The number of aliphatic hydroxyl groups is 1. The third kappa shape index (κ3) is 12.4. The van der Waals surface area contributed by atoms with Crippen molar-refractivity contribution in [3.8, 4) is 0 Å². The average Bonchev–Trinajstić information content (AvgIpc) is 3.14. The van der Waals surface area contributed by atoms with Crippen LogP contribution in [0.4, 0.5) is 4.79 Å². The predicted molar refractivity (Wildman–Crippen MR) is 210 cm³/mol. The highest BCUT2D eigenvalue weighted by Gasteiger charge is 2.44. The Morgan fingerprint density at radius 2 is 1.62 bits per heavy atom. The van der Waals surface area contributed by atoms with Crippen LogP contribution in [0.2, 0.25) is 0 Å². The first-order valence-electron chi connectivity index (χ1n) is 20.9. The van der Waals surface area contributed by atoms with Crippen LogP contribution in [0.1, 0.15) is 110 Å². The van der Waals surface area contributed by atoms with Crippen LogP contribution in [0.25, 0.3) is 0 Å². The van der Waals surface area contributed by atoms with Crippen molar-refractivity contribution in [2.75, 3.05) is 59.4 Å². The first-order chi connectivity index (χ1) is 25.1. The number of hydrogen-bond donors (Lipinski definition) is 3. The lowest BCUT2D eigenvalue weighted by molar-refractivity contribution is -0.149. The van der Waals surface area contributed by atoms with Gasteiger partial charge in [-0.25, -0.2) is 4.79 Å². The van der Waals surface area contributed by atoms with Gasteiger partial charge in [0.05, 0.1) is 12.1 Å². The second-order valence-corrected chi connectivity index (χ2v) is 16.4. The maximum Gasteiger partial charge on any atom is 0.320 e. The summed E-state index contributed by atoms with van der Waals surface area (Å²) in [6.45, 7) is 14.2. The van der Waals surface area contributed by atoms with Gasteiger partial charge in [-0.1, -0.05) is 109 Å². The van der Waals surface area contributed by atoms with Crippen molar-refractivity contribution < 1.29 is 19.5 Å². The summed E-state index contributed by atoms with van der Waals surface area (Å²) < 4.78 is 0.